The fraction of sp³-hybridized carbons (Fsp3) is 0.571. The standard InChI is InChI=1S/C14H22O2/c1-9(2)11(4)14(15)12-6-7-13(16-5)10(3)8-12/h6-9,11,14-15H,1-5H3. The Hall–Kier alpha value is -1.02. The molecule has 2 atom stereocenters. The van der Waals surface area contributed by atoms with Gasteiger partial charge in [0, 0.05) is 0 Å². The maximum Gasteiger partial charge on any atom is 0.121 e. The van der Waals surface area contributed by atoms with Gasteiger partial charge in [-0.3, -0.25) is 0 Å². The smallest absolute Gasteiger partial charge is 0.121 e. The maximum atomic E-state index is 10.2. The number of ether oxygens (including phenoxy) is 1. The molecule has 0 fully saturated rings. The predicted molar refractivity (Wildman–Crippen MR) is 66.7 cm³/mol. The number of hydrogen-bond acceptors (Lipinski definition) is 2. The Morgan fingerprint density at radius 2 is 1.81 bits per heavy atom. The largest absolute Gasteiger partial charge is 0.496 e. The lowest BCUT2D eigenvalue weighted by atomic mass is 9.88. The van der Waals surface area contributed by atoms with Gasteiger partial charge < -0.3 is 9.84 Å². The molecule has 0 aliphatic carbocycles. The Bertz CT molecular complexity index is 345. The second kappa shape index (κ2) is 5.35. The first-order chi connectivity index (χ1) is 7.47. The summed E-state index contributed by atoms with van der Waals surface area (Å²) >= 11 is 0. The highest BCUT2D eigenvalue weighted by molar-refractivity contribution is 5.37. The molecule has 1 aromatic carbocycles. The van der Waals surface area contributed by atoms with Crippen molar-refractivity contribution in [2.45, 2.75) is 33.8 Å². The molecule has 0 aliphatic rings. The summed E-state index contributed by atoms with van der Waals surface area (Å²) in [5.41, 5.74) is 2.04. The average Bonchev–Trinajstić information content (AvgIpc) is 2.26. The monoisotopic (exact) mass is 222 g/mol. The lowest BCUT2D eigenvalue weighted by Crippen LogP contribution is -2.15. The summed E-state index contributed by atoms with van der Waals surface area (Å²) in [5, 5.41) is 10.2. The van der Waals surface area contributed by atoms with E-state index < -0.39 is 6.10 Å². The highest BCUT2D eigenvalue weighted by Gasteiger charge is 2.19. The zero-order chi connectivity index (χ0) is 12.3. The number of aliphatic hydroxyl groups excluding tert-OH is 1. The van der Waals surface area contributed by atoms with E-state index in [2.05, 4.69) is 20.8 Å². The summed E-state index contributed by atoms with van der Waals surface area (Å²) in [6.07, 6.45) is -0.399. The van der Waals surface area contributed by atoms with Crippen molar-refractivity contribution in [1.29, 1.82) is 0 Å². The Balaban J connectivity index is 2.92. The van der Waals surface area contributed by atoms with Crippen LogP contribution in [0.25, 0.3) is 0 Å². The van der Waals surface area contributed by atoms with Gasteiger partial charge in [0.2, 0.25) is 0 Å². The van der Waals surface area contributed by atoms with Crippen molar-refractivity contribution in [3.05, 3.63) is 29.3 Å². The quantitative estimate of drug-likeness (QED) is 0.846. The SMILES string of the molecule is COc1ccc(C(O)C(C)C(C)C)cc1C. The van der Waals surface area contributed by atoms with Crippen LogP contribution in [0.5, 0.6) is 5.75 Å². The maximum absolute atomic E-state index is 10.2. The topological polar surface area (TPSA) is 29.5 Å². The van der Waals surface area contributed by atoms with Gasteiger partial charge in [-0.15, -0.1) is 0 Å². The van der Waals surface area contributed by atoms with Gasteiger partial charge in [-0.1, -0.05) is 26.8 Å². The summed E-state index contributed by atoms with van der Waals surface area (Å²) < 4.78 is 5.21. The zero-order valence-electron chi connectivity index (χ0n) is 10.8. The first-order valence-electron chi connectivity index (χ1n) is 5.80. The molecule has 0 bridgehead atoms. The van der Waals surface area contributed by atoms with Gasteiger partial charge in [-0.25, -0.2) is 0 Å². The Kier molecular flexibility index (Phi) is 4.36. The first kappa shape index (κ1) is 13.0. The lowest BCUT2D eigenvalue weighted by Gasteiger charge is -2.23. The van der Waals surface area contributed by atoms with Gasteiger partial charge in [-0.05, 0) is 42.0 Å². The molecular weight excluding hydrogens is 200 g/mol. The van der Waals surface area contributed by atoms with E-state index in [0.29, 0.717) is 5.92 Å². The molecule has 0 saturated heterocycles. The zero-order valence-corrected chi connectivity index (χ0v) is 10.8. The van der Waals surface area contributed by atoms with Crippen molar-refractivity contribution in [3.8, 4) is 5.75 Å². The van der Waals surface area contributed by atoms with E-state index in [1.54, 1.807) is 7.11 Å². The number of aliphatic hydroxyl groups is 1. The second-order valence-corrected chi connectivity index (χ2v) is 4.78. The van der Waals surface area contributed by atoms with Crippen LogP contribution in [0.15, 0.2) is 18.2 Å². The molecule has 0 saturated carbocycles. The molecule has 2 unspecified atom stereocenters. The summed E-state index contributed by atoms with van der Waals surface area (Å²) in [6, 6.07) is 5.86. The molecule has 16 heavy (non-hydrogen) atoms. The molecule has 0 aromatic heterocycles. The van der Waals surface area contributed by atoms with E-state index in [4.69, 9.17) is 4.74 Å². The summed E-state index contributed by atoms with van der Waals surface area (Å²) in [5.74, 6) is 1.60. The molecular formula is C14H22O2. The molecule has 0 aliphatic heterocycles. The summed E-state index contributed by atoms with van der Waals surface area (Å²) in [6.45, 7) is 8.33. The van der Waals surface area contributed by atoms with Crippen LogP contribution in [0.3, 0.4) is 0 Å². The molecule has 1 rings (SSSR count). The van der Waals surface area contributed by atoms with Crippen molar-refractivity contribution in [3.63, 3.8) is 0 Å². The molecule has 90 valence electrons. The van der Waals surface area contributed by atoms with Gasteiger partial charge >= 0.3 is 0 Å². The summed E-state index contributed by atoms with van der Waals surface area (Å²) in [7, 11) is 1.66. The minimum Gasteiger partial charge on any atom is -0.496 e. The molecule has 2 nitrogen and oxygen atoms in total. The first-order valence-corrected chi connectivity index (χ1v) is 5.80. The van der Waals surface area contributed by atoms with Crippen molar-refractivity contribution in [1.82, 2.24) is 0 Å². The normalized spacial score (nSPS) is 14.9. The number of benzene rings is 1. The van der Waals surface area contributed by atoms with Gasteiger partial charge in [0.05, 0.1) is 13.2 Å². The predicted octanol–water partition coefficient (Wildman–Crippen LogP) is 3.33. The molecule has 0 heterocycles. The third-order valence-electron chi connectivity index (χ3n) is 3.31. The fourth-order valence-corrected chi connectivity index (χ4v) is 1.75. The molecule has 1 aromatic rings. The van der Waals surface area contributed by atoms with E-state index >= 15 is 0 Å². The average molecular weight is 222 g/mol. The van der Waals surface area contributed by atoms with Crippen LogP contribution in [0, 0.1) is 18.8 Å². The van der Waals surface area contributed by atoms with Crippen molar-refractivity contribution in [2.24, 2.45) is 11.8 Å². The molecule has 0 amide bonds. The number of aryl methyl sites for hydroxylation is 1. The number of rotatable bonds is 4. The number of hydrogen-bond donors (Lipinski definition) is 1. The third kappa shape index (κ3) is 2.76. The van der Waals surface area contributed by atoms with E-state index in [9.17, 15) is 5.11 Å². The van der Waals surface area contributed by atoms with E-state index in [0.717, 1.165) is 16.9 Å². The van der Waals surface area contributed by atoms with Crippen molar-refractivity contribution >= 4 is 0 Å². The minimum absolute atomic E-state index is 0.257. The van der Waals surface area contributed by atoms with Crippen molar-refractivity contribution < 1.29 is 9.84 Å². The Morgan fingerprint density at radius 1 is 1.19 bits per heavy atom. The number of methoxy groups -OCH3 is 1. The second-order valence-electron chi connectivity index (χ2n) is 4.78. The van der Waals surface area contributed by atoms with Crippen molar-refractivity contribution in [2.75, 3.05) is 7.11 Å². The van der Waals surface area contributed by atoms with Gasteiger partial charge in [-0.2, -0.15) is 0 Å². The minimum atomic E-state index is -0.399. The molecule has 0 radical (unpaired) electrons. The van der Waals surface area contributed by atoms with E-state index in [1.807, 2.05) is 25.1 Å². The Labute approximate surface area is 98.3 Å². The van der Waals surface area contributed by atoms with E-state index in [-0.39, 0.29) is 5.92 Å². The van der Waals surface area contributed by atoms with Crippen LogP contribution in [-0.2, 0) is 0 Å². The highest BCUT2D eigenvalue weighted by atomic mass is 16.5. The van der Waals surface area contributed by atoms with Crippen LogP contribution < -0.4 is 4.74 Å². The van der Waals surface area contributed by atoms with Crippen LogP contribution >= 0.6 is 0 Å². The van der Waals surface area contributed by atoms with Gasteiger partial charge in [0.25, 0.3) is 0 Å². The van der Waals surface area contributed by atoms with Crippen LogP contribution in [-0.4, -0.2) is 12.2 Å². The molecule has 2 heteroatoms. The fourth-order valence-electron chi connectivity index (χ4n) is 1.75. The highest BCUT2D eigenvalue weighted by Crippen LogP contribution is 2.30. The summed E-state index contributed by atoms with van der Waals surface area (Å²) in [4.78, 5) is 0. The molecule has 1 N–H and O–H groups in total. The lowest BCUT2D eigenvalue weighted by molar-refractivity contribution is 0.0920. The van der Waals surface area contributed by atoms with Crippen LogP contribution in [0.1, 0.15) is 38.0 Å². The van der Waals surface area contributed by atoms with E-state index in [1.165, 1.54) is 0 Å². The van der Waals surface area contributed by atoms with Crippen LogP contribution in [0.4, 0.5) is 0 Å². The van der Waals surface area contributed by atoms with Gasteiger partial charge in [0.1, 0.15) is 5.75 Å². The van der Waals surface area contributed by atoms with Crippen LogP contribution in [0.2, 0.25) is 0 Å². The van der Waals surface area contributed by atoms with Gasteiger partial charge in [0.15, 0.2) is 0 Å². The molecule has 0 spiro atoms. The third-order valence-corrected chi connectivity index (χ3v) is 3.31. The Morgan fingerprint density at radius 3 is 2.25 bits per heavy atom.